The number of allylic oxidation sites excluding steroid dienone is 4. The van der Waals surface area contributed by atoms with Gasteiger partial charge >= 0.3 is 0 Å². The predicted octanol–water partition coefficient (Wildman–Crippen LogP) is 10.3. The zero-order chi connectivity index (χ0) is 35.0. The number of anilines is 5. The second-order valence-electron chi connectivity index (χ2n) is 15.4. The molecule has 5 aromatic rings. The molecule has 0 N–H and O–H groups in total. The molecule has 5 aromatic carbocycles. The zero-order valence-electron chi connectivity index (χ0n) is 30.0. The first-order valence-corrected chi connectivity index (χ1v) is 18.8. The minimum Gasteiger partial charge on any atom is -0.328 e. The summed E-state index contributed by atoms with van der Waals surface area (Å²) in [5, 5.41) is 0. The first-order valence-electron chi connectivity index (χ1n) is 18.8. The number of para-hydroxylation sites is 2. The van der Waals surface area contributed by atoms with Crippen molar-refractivity contribution >= 4 is 40.6 Å². The van der Waals surface area contributed by atoms with E-state index in [0.29, 0.717) is 11.8 Å². The van der Waals surface area contributed by atoms with Crippen LogP contribution in [0.2, 0.25) is 0 Å². The average Bonchev–Trinajstić information content (AvgIpc) is 3.45. The van der Waals surface area contributed by atoms with Gasteiger partial charge in [0.1, 0.15) is 5.82 Å². The maximum absolute atomic E-state index is 3.64. The Kier molecular flexibility index (Phi) is 7.06. The zero-order valence-corrected chi connectivity index (χ0v) is 30.0. The van der Waals surface area contributed by atoms with Crippen molar-refractivity contribution in [3.8, 4) is 0 Å². The predicted molar refractivity (Wildman–Crippen MR) is 215 cm³/mol. The van der Waals surface area contributed by atoms with Crippen molar-refractivity contribution in [1.82, 2.24) is 0 Å². The largest absolute Gasteiger partial charge is 0.328 e. The fourth-order valence-corrected chi connectivity index (χ4v) is 10.6. The Hall–Kier alpha value is -5.84. The lowest BCUT2D eigenvalue weighted by molar-refractivity contribution is 0.234. The molecule has 3 aliphatic heterocycles. The van der Waals surface area contributed by atoms with Gasteiger partial charge in [0.15, 0.2) is 0 Å². The molecule has 0 amide bonds. The SMILES string of the molecule is CC1C2=C(N(c3cc#ccc3)CCCC3c4ccccc4C(C)(C)C13)N(c1ccccc1)c1cccc3c1B2C1=CC=C=C=C1N3c1ccccc1. The lowest BCUT2D eigenvalue weighted by atomic mass is 9.29. The summed E-state index contributed by atoms with van der Waals surface area (Å²) >= 11 is 0. The molecule has 3 nitrogen and oxygen atoms in total. The van der Waals surface area contributed by atoms with E-state index in [4.69, 9.17) is 0 Å². The lowest BCUT2D eigenvalue weighted by Crippen LogP contribution is -2.56. The molecule has 0 saturated carbocycles. The molecule has 3 atom stereocenters. The Balaban J connectivity index is 1.32. The molecular weight excluding hydrogens is 629 g/mol. The summed E-state index contributed by atoms with van der Waals surface area (Å²) in [5.74, 6) is 2.38. The fraction of sp³-hybridized carbons (Fsp3) is 0.208. The molecule has 0 bridgehead atoms. The Morgan fingerprint density at radius 2 is 1.46 bits per heavy atom. The smallest absolute Gasteiger partial charge is 0.250 e. The normalized spacial score (nSPS) is 22.1. The summed E-state index contributed by atoms with van der Waals surface area (Å²) in [5.41, 5.74) is 21.1. The number of nitrogens with zero attached hydrogens (tertiary/aromatic N) is 3. The molecule has 0 saturated heterocycles. The standard InChI is InChI=1S/C48H40BN3/c1-33-44-38(37-25-13-14-27-39(37)48(44,2)3)26-18-32-50(34-19-7-4-8-20-34)47-45(33)49-40-28-15-16-29-41(40)51(35-21-9-5-10-22-35)42-30-17-31-43(46(42)49)52(47)36-23-11-6-12-24-36/h5-7,9-15,17,19-25,27-28,30-31,33,38,44H,18,26,32H2,1-3H3. The second kappa shape index (κ2) is 11.9. The van der Waals surface area contributed by atoms with Crippen molar-refractivity contribution in [2.45, 2.75) is 44.9 Å². The Morgan fingerprint density at radius 1 is 0.750 bits per heavy atom. The molecule has 0 fully saturated rings. The number of fused-ring (bicyclic) bond motifs is 6. The van der Waals surface area contributed by atoms with E-state index < -0.39 is 0 Å². The maximum atomic E-state index is 3.64. The van der Waals surface area contributed by atoms with Crippen LogP contribution in [0.25, 0.3) is 0 Å². The molecule has 3 unspecified atom stereocenters. The van der Waals surface area contributed by atoms with Crippen LogP contribution in [-0.4, -0.2) is 13.3 Å². The van der Waals surface area contributed by atoms with Crippen molar-refractivity contribution in [2.75, 3.05) is 21.2 Å². The van der Waals surface area contributed by atoms with Gasteiger partial charge in [-0.05, 0) is 124 Å². The van der Waals surface area contributed by atoms with Crippen LogP contribution in [0.3, 0.4) is 0 Å². The third-order valence-corrected chi connectivity index (χ3v) is 12.4. The molecule has 0 spiro atoms. The highest BCUT2D eigenvalue weighted by atomic mass is 15.3. The Labute approximate surface area is 308 Å². The third kappa shape index (κ3) is 4.44. The van der Waals surface area contributed by atoms with Gasteiger partial charge in [0.25, 0.3) is 6.71 Å². The minimum absolute atomic E-state index is 0.00895. The molecule has 0 radical (unpaired) electrons. The molecule has 2 aliphatic carbocycles. The van der Waals surface area contributed by atoms with Crippen LogP contribution in [0.4, 0.5) is 28.4 Å². The van der Waals surface area contributed by atoms with Gasteiger partial charge < -0.3 is 9.80 Å². The van der Waals surface area contributed by atoms with E-state index in [-0.39, 0.29) is 18.0 Å². The number of rotatable bonds is 3. The van der Waals surface area contributed by atoms with E-state index in [1.54, 1.807) is 5.56 Å². The molecule has 52 heavy (non-hydrogen) atoms. The summed E-state index contributed by atoms with van der Waals surface area (Å²) < 4.78 is 0. The fourth-order valence-electron chi connectivity index (χ4n) is 10.6. The first kappa shape index (κ1) is 30.9. The van der Waals surface area contributed by atoms with Gasteiger partial charge in [-0.3, -0.25) is 4.90 Å². The summed E-state index contributed by atoms with van der Waals surface area (Å²) in [6.45, 7) is 8.50. The third-order valence-electron chi connectivity index (χ3n) is 12.4. The van der Waals surface area contributed by atoms with Crippen molar-refractivity contribution in [2.24, 2.45) is 11.8 Å². The summed E-state index contributed by atoms with van der Waals surface area (Å²) in [7, 11) is 0. The Morgan fingerprint density at radius 3 is 2.21 bits per heavy atom. The monoisotopic (exact) mass is 669 g/mol. The molecular formula is C48H40BN3. The van der Waals surface area contributed by atoms with Gasteiger partial charge in [0.2, 0.25) is 0 Å². The Bertz CT molecular complexity index is 2380. The lowest BCUT2D eigenvalue weighted by Gasteiger charge is -2.50. The highest BCUT2D eigenvalue weighted by molar-refractivity contribution is 6.90. The van der Waals surface area contributed by atoms with Crippen molar-refractivity contribution in [1.29, 1.82) is 0 Å². The molecule has 4 heteroatoms. The number of hydrogen-bond donors (Lipinski definition) is 0. The average molecular weight is 670 g/mol. The summed E-state index contributed by atoms with van der Waals surface area (Å²) in [6, 6.07) is 50.9. The first-order chi connectivity index (χ1) is 25.5. The maximum Gasteiger partial charge on any atom is 0.250 e. The van der Waals surface area contributed by atoms with Gasteiger partial charge in [0, 0.05) is 35.4 Å². The summed E-state index contributed by atoms with van der Waals surface area (Å²) in [6.07, 6.45) is 6.60. The van der Waals surface area contributed by atoms with Crippen molar-refractivity contribution in [3.63, 3.8) is 0 Å². The van der Waals surface area contributed by atoms with Crippen LogP contribution in [0.1, 0.15) is 50.7 Å². The quantitative estimate of drug-likeness (QED) is 0.140. The number of hydrogen-bond acceptors (Lipinski definition) is 3. The number of benzene rings is 4. The van der Waals surface area contributed by atoms with E-state index in [9.17, 15) is 0 Å². The molecule has 5 aliphatic rings. The van der Waals surface area contributed by atoms with Crippen molar-refractivity contribution in [3.05, 3.63) is 191 Å². The van der Waals surface area contributed by atoms with Gasteiger partial charge in [-0.1, -0.05) is 111 Å². The van der Waals surface area contributed by atoms with Crippen LogP contribution < -0.4 is 20.2 Å². The van der Waals surface area contributed by atoms with E-state index >= 15 is 0 Å². The van der Waals surface area contributed by atoms with Gasteiger partial charge in [-0.25, -0.2) is 0 Å². The second-order valence-corrected chi connectivity index (χ2v) is 15.4. The van der Waals surface area contributed by atoms with Gasteiger partial charge in [0.05, 0.1) is 11.4 Å². The van der Waals surface area contributed by atoms with E-state index in [0.717, 1.165) is 36.5 Å². The van der Waals surface area contributed by atoms with Crippen LogP contribution in [-0.2, 0) is 5.41 Å². The van der Waals surface area contributed by atoms with E-state index in [1.807, 2.05) is 6.07 Å². The molecule has 250 valence electrons. The molecule has 3 heterocycles. The van der Waals surface area contributed by atoms with Crippen LogP contribution in [0.15, 0.2) is 167 Å². The summed E-state index contributed by atoms with van der Waals surface area (Å²) in [4.78, 5) is 7.61. The van der Waals surface area contributed by atoms with Crippen LogP contribution in [0.5, 0.6) is 0 Å². The van der Waals surface area contributed by atoms with E-state index in [1.165, 1.54) is 44.9 Å². The molecule has 0 aromatic heterocycles. The van der Waals surface area contributed by atoms with Crippen LogP contribution in [0, 0.1) is 24.0 Å². The van der Waals surface area contributed by atoms with Gasteiger partial charge in [-0.15, -0.1) is 0 Å². The van der Waals surface area contributed by atoms with Gasteiger partial charge in [-0.2, -0.15) is 0 Å². The minimum atomic E-state index is -0.00895. The highest BCUT2D eigenvalue weighted by Gasteiger charge is 2.55. The topological polar surface area (TPSA) is 9.72 Å². The van der Waals surface area contributed by atoms with E-state index in [2.05, 4.69) is 186 Å². The molecule has 10 rings (SSSR count). The van der Waals surface area contributed by atoms with Crippen LogP contribution >= 0.6 is 0 Å². The highest BCUT2D eigenvalue weighted by Crippen LogP contribution is 2.59. The van der Waals surface area contributed by atoms with Crippen molar-refractivity contribution < 1.29 is 0 Å².